The lowest BCUT2D eigenvalue weighted by Crippen LogP contribution is -2.42. The number of hydrogen-bond donors (Lipinski definition) is 1. The largest absolute Gasteiger partial charge is 0.481 e. The lowest BCUT2D eigenvalue weighted by atomic mass is 9.72. The molecule has 2 aliphatic heterocycles. The van der Waals surface area contributed by atoms with Gasteiger partial charge in [-0.05, 0) is 44.2 Å². The van der Waals surface area contributed by atoms with Crippen LogP contribution in [0.4, 0.5) is 0 Å². The van der Waals surface area contributed by atoms with Gasteiger partial charge in [-0.2, -0.15) is 5.10 Å². The molecule has 1 aromatic rings. The van der Waals surface area contributed by atoms with Gasteiger partial charge in [0.05, 0.1) is 19.2 Å². The molecule has 2 saturated heterocycles. The van der Waals surface area contributed by atoms with Gasteiger partial charge in [-0.3, -0.25) is 14.4 Å². The lowest BCUT2D eigenvalue weighted by molar-refractivity contribution is -0.137. The van der Waals surface area contributed by atoms with Crippen molar-refractivity contribution in [2.24, 2.45) is 5.41 Å². The summed E-state index contributed by atoms with van der Waals surface area (Å²) in [7, 11) is 0. The second-order valence-corrected chi connectivity index (χ2v) is 6.64. The van der Waals surface area contributed by atoms with E-state index in [2.05, 4.69) is 10.00 Å². The second-order valence-electron chi connectivity index (χ2n) is 6.64. The summed E-state index contributed by atoms with van der Waals surface area (Å²) in [5.74, 6) is -0.783. The Hall–Kier alpha value is -1.40. The van der Waals surface area contributed by atoms with Crippen LogP contribution in [0.2, 0.25) is 0 Å². The Morgan fingerprint density at radius 3 is 2.68 bits per heavy atom. The van der Waals surface area contributed by atoms with E-state index in [-0.39, 0.29) is 6.42 Å². The summed E-state index contributed by atoms with van der Waals surface area (Å²) in [6, 6.07) is 0. The average Bonchev–Trinajstić information content (AvgIpc) is 2.96. The van der Waals surface area contributed by atoms with E-state index in [0.717, 1.165) is 32.8 Å². The van der Waals surface area contributed by atoms with Crippen LogP contribution < -0.4 is 0 Å². The van der Waals surface area contributed by atoms with E-state index in [1.165, 1.54) is 31.2 Å². The molecule has 0 bridgehead atoms. The molecule has 2 aliphatic rings. The zero-order valence-electron chi connectivity index (χ0n) is 13.0. The monoisotopic (exact) mass is 307 g/mol. The summed E-state index contributed by atoms with van der Waals surface area (Å²) in [4.78, 5) is 13.1. The Bertz CT molecular complexity index is 498. The molecule has 122 valence electrons. The summed E-state index contributed by atoms with van der Waals surface area (Å²) < 4.78 is 7.23. The molecule has 3 rings (SSSR count). The Labute approximate surface area is 131 Å². The Morgan fingerprint density at radius 2 is 2.00 bits per heavy atom. The lowest BCUT2D eigenvalue weighted by Gasteiger charge is -2.44. The van der Waals surface area contributed by atoms with Crippen LogP contribution in [0.5, 0.6) is 0 Å². The van der Waals surface area contributed by atoms with Gasteiger partial charge in [0.1, 0.15) is 0 Å². The number of hydrogen-bond acceptors (Lipinski definition) is 4. The van der Waals surface area contributed by atoms with E-state index in [9.17, 15) is 4.79 Å². The molecule has 1 N–H and O–H groups in total. The van der Waals surface area contributed by atoms with Crippen LogP contribution in [0.3, 0.4) is 0 Å². The summed E-state index contributed by atoms with van der Waals surface area (Å²) in [6.07, 6.45) is 8.92. The Kier molecular flexibility index (Phi) is 4.78. The third-order valence-corrected chi connectivity index (χ3v) is 5.12. The normalized spacial score (nSPS) is 22.0. The first-order chi connectivity index (χ1) is 10.7. The smallest absolute Gasteiger partial charge is 0.305 e. The fourth-order valence-corrected chi connectivity index (χ4v) is 3.57. The number of piperidine rings is 1. The van der Waals surface area contributed by atoms with Crippen LogP contribution in [0.1, 0.15) is 37.7 Å². The van der Waals surface area contributed by atoms with Gasteiger partial charge < -0.3 is 9.84 Å². The number of rotatable bonds is 5. The van der Waals surface area contributed by atoms with Gasteiger partial charge in [0.2, 0.25) is 0 Å². The fraction of sp³-hybridized carbons (Fsp3) is 0.750. The van der Waals surface area contributed by atoms with Gasteiger partial charge >= 0.3 is 5.97 Å². The third-order valence-electron chi connectivity index (χ3n) is 5.12. The first-order valence-corrected chi connectivity index (χ1v) is 8.19. The molecule has 2 fully saturated rings. The summed E-state index contributed by atoms with van der Waals surface area (Å²) in [5, 5.41) is 13.0. The molecule has 0 atom stereocenters. The molecule has 22 heavy (non-hydrogen) atoms. The summed E-state index contributed by atoms with van der Waals surface area (Å²) >= 11 is 0. The first-order valence-electron chi connectivity index (χ1n) is 8.19. The van der Waals surface area contributed by atoms with E-state index in [4.69, 9.17) is 9.84 Å². The molecule has 6 heteroatoms. The van der Waals surface area contributed by atoms with Crippen molar-refractivity contribution in [3.05, 3.63) is 18.0 Å². The first kappa shape index (κ1) is 15.5. The van der Waals surface area contributed by atoms with Crippen LogP contribution in [0.25, 0.3) is 0 Å². The molecule has 0 saturated carbocycles. The summed E-state index contributed by atoms with van der Waals surface area (Å²) in [6.45, 7) is 5.49. The maximum atomic E-state index is 10.6. The molecule has 0 aliphatic carbocycles. The van der Waals surface area contributed by atoms with Crippen molar-refractivity contribution in [3.8, 4) is 0 Å². The van der Waals surface area contributed by atoms with Crippen molar-refractivity contribution in [2.45, 2.75) is 45.2 Å². The number of nitrogens with zero attached hydrogens (tertiary/aromatic N) is 3. The molecular weight excluding hydrogens is 282 g/mol. The zero-order valence-corrected chi connectivity index (χ0v) is 13.0. The summed E-state index contributed by atoms with van der Waals surface area (Å²) in [5.41, 5.74) is 1.70. The molecule has 0 aromatic carbocycles. The minimum atomic E-state index is -0.783. The minimum Gasteiger partial charge on any atom is -0.481 e. The van der Waals surface area contributed by atoms with Crippen LogP contribution in [0, 0.1) is 5.41 Å². The van der Waals surface area contributed by atoms with Crippen LogP contribution in [-0.2, 0) is 22.6 Å². The highest BCUT2D eigenvalue weighted by molar-refractivity contribution is 5.66. The molecule has 1 spiro atoms. The molecular formula is C16H25N3O3. The number of aliphatic carboxylic acids is 1. The van der Waals surface area contributed by atoms with Gasteiger partial charge in [-0.1, -0.05) is 0 Å². The van der Waals surface area contributed by atoms with Crippen LogP contribution in [0.15, 0.2) is 12.4 Å². The number of carbonyl (C=O) groups is 1. The van der Waals surface area contributed by atoms with E-state index in [1.54, 1.807) is 4.68 Å². The van der Waals surface area contributed by atoms with Crippen molar-refractivity contribution < 1.29 is 14.6 Å². The van der Waals surface area contributed by atoms with Crippen molar-refractivity contribution in [3.63, 3.8) is 0 Å². The average molecular weight is 307 g/mol. The van der Waals surface area contributed by atoms with Crippen molar-refractivity contribution in [1.82, 2.24) is 14.7 Å². The number of carboxylic acid groups (broad SMARTS) is 1. The molecule has 0 radical (unpaired) electrons. The number of carboxylic acids is 1. The molecule has 3 heterocycles. The van der Waals surface area contributed by atoms with E-state index < -0.39 is 5.97 Å². The highest BCUT2D eigenvalue weighted by Crippen LogP contribution is 2.40. The highest BCUT2D eigenvalue weighted by Gasteiger charge is 2.35. The predicted octanol–water partition coefficient (Wildman–Crippen LogP) is 1.75. The van der Waals surface area contributed by atoms with Gasteiger partial charge in [0, 0.05) is 31.5 Å². The number of aromatic nitrogens is 2. The Morgan fingerprint density at radius 1 is 1.27 bits per heavy atom. The van der Waals surface area contributed by atoms with E-state index in [0.29, 0.717) is 12.0 Å². The second kappa shape index (κ2) is 6.79. The maximum Gasteiger partial charge on any atom is 0.305 e. The SMILES string of the molecule is O=C(O)CCn1cc(CN2CCC3(CCOCC3)CC2)cn1. The standard InChI is InChI=1S/C16H25N3O3/c20-15(21)1-6-19-13-14(11-17-19)12-18-7-2-16(3-8-18)4-9-22-10-5-16/h11,13H,1-10,12H2,(H,20,21). The number of likely N-dealkylation sites (tertiary alicyclic amines) is 1. The van der Waals surface area contributed by atoms with Crippen molar-refractivity contribution in [1.29, 1.82) is 0 Å². The fourth-order valence-electron chi connectivity index (χ4n) is 3.57. The molecule has 0 amide bonds. The van der Waals surface area contributed by atoms with Gasteiger partial charge in [-0.25, -0.2) is 0 Å². The highest BCUT2D eigenvalue weighted by atomic mass is 16.5. The maximum absolute atomic E-state index is 10.6. The van der Waals surface area contributed by atoms with Crippen molar-refractivity contribution in [2.75, 3.05) is 26.3 Å². The van der Waals surface area contributed by atoms with Gasteiger partial charge in [0.15, 0.2) is 0 Å². The number of ether oxygens (including phenoxy) is 1. The Balaban J connectivity index is 1.47. The van der Waals surface area contributed by atoms with Crippen LogP contribution in [-0.4, -0.2) is 52.1 Å². The van der Waals surface area contributed by atoms with Crippen molar-refractivity contribution >= 4 is 5.97 Å². The molecule has 0 unspecified atom stereocenters. The van der Waals surface area contributed by atoms with Gasteiger partial charge in [-0.15, -0.1) is 0 Å². The molecule has 1 aromatic heterocycles. The number of aryl methyl sites for hydroxylation is 1. The quantitative estimate of drug-likeness (QED) is 0.897. The topological polar surface area (TPSA) is 67.6 Å². The van der Waals surface area contributed by atoms with E-state index >= 15 is 0 Å². The van der Waals surface area contributed by atoms with Crippen LogP contribution >= 0.6 is 0 Å². The van der Waals surface area contributed by atoms with Gasteiger partial charge in [0.25, 0.3) is 0 Å². The zero-order chi connectivity index (χ0) is 15.4. The predicted molar refractivity (Wildman–Crippen MR) is 81.5 cm³/mol. The molecule has 6 nitrogen and oxygen atoms in total. The minimum absolute atomic E-state index is 0.120. The van der Waals surface area contributed by atoms with E-state index in [1.807, 2.05) is 12.4 Å². The third kappa shape index (κ3) is 3.87.